The van der Waals surface area contributed by atoms with Crippen molar-refractivity contribution in [3.63, 3.8) is 0 Å². The Labute approximate surface area is 53.5 Å². The first-order chi connectivity index (χ1) is 3.31. The van der Waals surface area contributed by atoms with Crippen molar-refractivity contribution >= 4 is 21.1 Å². The molecule has 2 nitrogen and oxygen atoms in total. The van der Waals surface area contributed by atoms with E-state index in [2.05, 4.69) is 0 Å². The Morgan fingerprint density at radius 3 is 2.57 bits per heavy atom. The Kier molecular flexibility index (Phi) is 5.09. The number of aliphatic hydroxyl groups excluding tert-OH is 1. The molecule has 7 heavy (non-hydrogen) atoms. The Bertz CT molecular complexity index is 55.7. The van der Waals surface area contributed by atoms with Gasteiger partial charge in [-0.25, -0.2) is 0 Å². The molecule has 1 N–H and O–H groups in total. The summed E-state index contributed by atoms with van der Waals surface area (Å²) in [5, 5.41) is 8.62. The van der Waals surface area contributed by atoms with Gasteiger partial charge in [-0.3, -0.25) is 0 Å². The van der Waals surface area contributed by atoms with Crippen molar-refractivity contribution in [2.24, 2.45) is 0 Å². The summed E-state index contributed by atoms with van der Waals surface area (Å²) in [6, 6.07) is 0. The number of rotatable bonds is 3. The molecule has 0 amide bonds. The van der Waals surface area contributed by atoms with Gasteiger partial charge in [0.1, 0.15) is 0 Å². The van der Waals surface area contributed by atoms with E-state index in [0.29, 0.717) is 0 Å². The molecule has 41 valence electrons. The number of aliphatic hydroxyl groups is 1. The molecular weight excluding hydrogens is 199 g/mol. The SMILES string of the molecule is CCC[CH](O)[Sn]=[O]. The number of hydrogen-bond donors (Lipinski definition) is 1. The topological polar surface area (TPSA) is 37.3 Å². The minimum atomic E-state index is -1.59. The first kappa shape index (κ1) is 7.56. The fourth-order valence-electron chi connectivity index (χ4n) is 0.332. The van der Waals surface area contributed by atoms with Crippen LogP contribution in [0, 0.1) is 0 Å². The molecule has 0 aliphatic heterocycles. The summed E-state index contributed by atoms with van der Waals surface area (Å²) in [7, 11) is 0. The quantitative estimate of drug-likeness (QED) is 0.670. The van der Waals surface area contributed by atoms with E-state index in [4.69, 9.17) is 5.11 Å². The van der Waals surface area contributed by atoms with Gasteiger partial charge >= 0.3 is 53.2 Å². The van der Waals surface area contributed by atoms with Gasteiger partial charge in [-0.05, 0) is 0 Å². The van der Waals surface area contributed by atoms with Crippen molar-refractivity contribution in [3.8, 4) is 0 Å². The van der Waals surface area contributed by atoms with Crippen molar-refractivity contribution in [2.45, 2.75) is 23.9 Å². The molecule has 0 saturated carbocycles. The van der Waals surface area contributed by atoms with Crippen LogP contribution in [0.2, 0.25) is 0 Å². The molecule has 0 saturated heterocycles. The van der Waals surface area contributed by atoms with E-state index >= 15 is 0 Å². The molecule has 0 heterocycles. The maximum atomic E-state index is 9.94. The van der Waals surface area contributed by atoms with Crippen LogP contribution in [-0.4, -0.2) is 30.4 Å². The summed E-state index contributed by atoms with van der Waals surface area (Å²) < 4.78 is 9.50. The predicted octanol–water partition coefficient (Wildman–Crippen LogP) is 0.155. The maximum absolute atomic E-state index is 9.94. The fourth-order valence-corrected chi connectivity index (χ4v) is 1.49. The zero-order chi connectivity index (χ0) is 5.70. The van der Waals surface area contributed by atoms with Gasteiger partial charge in [0.05, 0.1) is 0 Å². The van der Waals surface area contributed by atoms with E-state index in [1.165, 1.54) is 0 Å². The van der Waals surface area contributed by atoms with Gasteiger partial charge in [-0.1, -0.05) is 0 Å². The van der Waals surface area contributed by atoms with E-state index < -0.39 is 25.2 Å². The normalized spacial score (nSPS) is 13.4. The van der Waals surface area contributed by atoms with Crippen LogP contribution in [-0.2, 0) is 3.08 Å². The first-order valence-corrected chi connectivity index (χ1v) is 5.18. The fraction of sp³-hybridized carbons (Fsp3) is 1.00. The summed E-state index contributed by atoms with van der Waals surface area (Å²) in [6.07, 6.45) is 1.65. The summed E-state index contributed by atoms with van der Waals surface area (Å²) in [5.41, 5.74) is 0. The molecule has 1 atom stereocenters. The van der Waals surface area contributed by atoms with E-state index in [9.17, 15) is 3.08 Å². The van der Waals surface area contributed by atoms with Crippen LogP contribution in [0.1, 0.15) is 19.8 Å². The van der Waals surface area contributed by atoms with E-state index in [1.807, 2.05) is 6.92 Å². The number of hydrogen-bond acceptors (Lipinski definition) is 2. The zero-order valence-corrected chi connectivity index (χ0v) is 7.20. The Balaban J connectivity index is 2.98. The second-order valence-corrected chi connectivity index (χ2v) is 4.00. The summed E-state index contributed by atoms with van der Waals surface area (Å²) >= 11 is -1.59. The van der Waals surface area contributed by atoms with Crippen LogP contribution < -0.4 is 0 Å². The Morgan fingerprint density at radius 2 is 2.43 bits per heavy atom. The minimum absolute atomic E-state index is 0.436. The van der Waals surface area contributed by atoms with Crippen LogP contribution in [0.5, 0.6) is 0 Å². The third-order valence-corrected chi connectivity index (χ3v) is 2.30. The van der Waals surface area contributed by atoms with Crippen LogP contribution in [0.15, 0.2) is 0 Å². The second-order valence-electron chi connectivity index (χ2n) is 1.42. The molecule has 1 unspecified atom stereocenters. The van der Waals surface area contributed by atoms with E-state index in [1.54, 1.807) is 0 Å². The van der Waals surface area contributed by atoms with Crippen LogP contribution in [0.3, 0.4) is 0 Å². The van der Waals surface area contributed by atoms with Gasteiger partial charge in [0.25, 0.3) is 0 Å². The van der Waals surface area contributed by atoms with Gasteiger partial charge in [-0.2, -0.15) is 0 Å². The Morgan fingerprint density at radius 1 is 1.86 bits per heavy atom. The van der Waals surface area contributed by atoms with Crippen LogP contribution in [0.25, 0.3) is 0 Å². The molecule has 1 radical (unpaired) electrons. The van der Waals surface area contributed by atoms with E-state index in [-0.39, 0.29) is 0 Å². The molecule has 0 aliphatic carbocycles. The average molecular weight is 208 g/mol. The molecule has 0 bridgehead atoms. The average Bonchev–Trinajstić information content (AvgIpc) is 1.68. The summed E-state index contributed by atoms with van der Waals surface area (Å²) in [6.45, 7) is 1.97. The van der Waals surface area contributed by atoms with Crippen molar-refractivity contribution in [1.29, 1.82) is 0 Å². The van der Waals surface area contributed by atoms with Crippen LogP contribution in [0.4, 0.5) is 0 Å². The van der Waals surface area contributed by atoms with Crippen molar-refractivity contribution in [3.05, 3.63) is 0 Å². The third-order valence-electron chi connectivity index (χ3n) is 0.698. The first-order valence-electron chi connectivity index (χ1n) is 2.37. The summed E-state index contributed by atoms with van der Waals surface area (Å²) in [5.74, 6) is 0. The molecule has 0 aromatic carbocycles. The summed E-state index contributed by atoms with van der Waals surface area (Å²) in [4.78, 5) is 0. The van der Waals surface area contributed by atoms with Gasteiger partial charge in [-0.15, -0.1) is 0 Å². The molecule has 0 spiro atoms. The van der Waals surface area contributed by atoms with Gasteiger partial charge in [0.2, 0.25) is 0 Å². The van der Waals surface area contributed by atoms with Crippen molar-refractivity contribution < 1.29 is 8.18 Å². The molecule has 0 aromatic heterocycles. The molecule has 3 heteroatoms. The van der Waals surface area contributed by atoms with Crippen LogP contribution >= 0.6 is 0 Å². The molecule has 0 aromatic rings. The van der Waals surface area contributed by atoms with Gasteiger partial charge < -0.3 is 0 Å². The van der Waals surface area contributed by atoms with Gasteiger partial charge in [0.15, 0.2) is 0 Å². The molecule has 0 aliphatic rings. The van der Waals surface area contributed by atoms with Crippen molar-refractivity contribution in [2.75, 3.05) is 0 Å². The zero-order valence-electron chi connectivity index (χ0n) is 4.35. The monoisotopic (exact) mass is 209 g/mol. The third kappa shape index (κ3) is 4.41. The van der Waals surface area contributed by atoms with E-state index in [0.717, 1.165) is 12.8 Å². The van der Waals surface area contributed by atoms with Crippen molar-refractivity contribution in [1.82, 2.24) is 0 Å². The molecule has 0 fully saturated rings. The molecule has 0 rings (SSSR count). The second kappa shape index (κ2) is 4.71. The van der Waals surface area contributed by atoms with Gasteiger partial charge in [0, 0.05) is 0 Å². The predicted molar refractivity (Wildman–Crippen MR) is 27.4 cm³/mol. The Hall–Kier alpha value is 0.559. The molecular formula is C4H9O2Sn. The standard InChI is InChI=1S/C4H9O.O.Sn/c1-2-3-4-5;;/h4-5H,2-3H2,1H3;;.